The van der Waals surface area contributed by atoms with E-state index in [0.717, 1.165) is 11.4 Å². The minimum absolute atomic E-state index is 0.226. The first kappa shape index (κ1) is 18.5. The number of rotatable bonds is 7. The summed E-state index contributed by atoms with van der Waals surface area (Å²) >= 11 is 0. The van der Waals surface area contributed by atoms with Crippen LogP contribution in [0.5, 0.6) is 28.7 Å². The molecule has 0 fully saturated rings. The van der Waals surface area contributed by atoms with Gasteiger partial charge in [-0.1, -0.05) is 0 Å². The van der Waals surface area contributed by atoms with Gasteiger partial charge in [0.25, 0.3) is 0 Å². The summed E-state index contributed by atoms with van der Waals surface area (Å²) in [5.41, 5.74) is 1.52. The largest absolute Gasteiger partial charge is 0.493 e. The van der Waals surface area contributed by atoms with Crippen LogP contribution >= 0.6 is 0 Å². The average Bonchev–Trinajstić information content (AvgIpc) is 3.21. The molecule has 150 valence electrons. The Kier molecular flexibility index (Phi) is 5.10. The number of anilines is 4. The van der Waals surface area contributed by atoms with Crippen molar-refractivity contribution >= 4 is 23.1 Å². The Balaban J connectivity index is 1.55. The first-order chi connectivity index (χ1) is 14.2. The van der Waals surface area contributed by atoms with E-state index in [2.05, 4.69) is 20.6 Å². The van der Waals surface area contributed by atoms with Crippen molar-refractivity contribution in [1.29, 1.82) is 0 Å². The van der Waals surface area contributed by atoms with Crippen LogP contribution in [0.3, 0.4) is 0 Å². The van der Waals surface area contributed by atoms with Gasteiger partial charge in [0.2, 0.25) is 18.5 Å². The minimum atomic E-state index is 0.226. The molecule has 3 aromatic rings. The standard InChI is InChI=1S/C20H20N4O5/c1-25-16-9-13(10-17(26-2)19(16)27-3)22-18-6-7-21-20(24-18)23-12-4-5-14-15(8-12)29-11-28-14/h4-10H,11H2,1-3H3,(H2,21,22,23,24). The Morgan fingerprint density at radius 3 is 2.31 bits per heavy atom. The van der Waals surface area contributed by atoms with E-state index in [0.29, 0.717) is 40.5 Å². The number of nitrogens with zero attached hydrogens (tertiary/aromatic N) is 2. The van der Waals surface area contributed by atoms with E-state index in [1.807, 2.05) is 18.2 Å². The molecule has 1 aliphatic rings. The smallest absolute Gasteiger partial charge is 0.231 e. The predicted molar refractivity (Wildman–Crippen MR) is 107 cm³/mol. The van der Waals surface area contributed by atoms with Crippen LogP contribution in [0.25, 0.3) is 0 Å². The zero-order chi connectivity index (χ0) is 20.2. The molecule has 9 nitrogen and oxygen atoms in total. The summed E-state index contributed by atoms with van der Waals surface area (Å²) in [5.74, 6) is 4.03. The Bertz CT molecular complexity index is 1000. The normalized spacial score (nSPS) is 11.7. The molecule has 0 radical (unpaired) electrons. The molecule has 29 heavy (non-hydrogen) atoms. The van der Waals surface area contributed by atoms with Gasteiger partial charge in [-0.2, -0.15) is 4.98 Å². The highest BCUT2D eigenvalue weighted by Gasteiger charge is 2.15. The monoisotopic (exact) mass is 396 g/mol. The first-order valence-corrected chi connectivity index (χ1v) is 8.77. The zero-order valence-corrected chi connectivity index (χ0v) is 16.2. The van der Waals surface area contributed by atoms with Gasteiger partial charge in [0, 0.05) is 35.8 Å². The van der Waals surface area contributed by atoms with Gasteiger partial charge in [-0.05, 0) is 18.2 Å². The summed E-state index contributed by atoms with van der Waals surface area (Å²) in [4.78, 5) is 8.75. The number of fused-ring (bicyclic) bond motifs is 1. The van der Waals surface area contributed by atoms with Crippen molar-refractivity contribution < 1.29 is 23.7 Å². The predicted octanol–water partition coefficient (Wildman–Crippen LogP) is 3.72. The minimum Gasteiger partial charge on any atom is -0.493 e. The van der Waals surface area contributed by atoms with Gasteiger partial charge in [-0.3, -0.25) is 0 Å². The van der Waals surface area contributed by atoms with E-state index in [1.165, 1.54) is 0 Å². The molecule has 9 heteroatoms. The third kappa shape index (κ3) is 3.88. The number of benzene rings is 2. The van der Waals surface area contributed by atoms with Gasteiger partial charge in [0.15, 0.2) is 23.0 Å². The van der Waals surface area contributed by atoms with E-state index in [4.69, 9.17) is 23.7 Å². The number of hydrogen-bond donors (Lipinski definition) is 2. The van der Waals surface area contributed by atoms with Gasteiger partial charge in [0.1, 0.15) is 5.82 Å². The highest BCUT2D eigenvalue weighted by molar-refractivity contribution is 5.67. The molecule has 0 bridgehead atoms. The van der Waals surface area contributed by atoms with Crippen molar-refractivity contribution in [3.8, 4) is 28.7 Å². The third-order valence-electron chi connectivity index (χ3n) is 4.22. The Hall–Kier alpha value is -3.88. The van der Waals surface area contributed by atoms with Gasteiger partial charge < -0.3 is 34.3 Å². The van der Waals surface area contributed by atoms with Crippen molar-refractivity contribution in [3.05, 3.63) is 42.6 Å². The van der Waals surface area contributed by atoms with Crippen molar-refractivity contribution in [2.45, 2.75) is 0 Å². The number of aromatic nitrogens is 2. The first-order valence-electron chi connectivity index (χ1n) is 8.77. The molecular weight excluding hydrogens is 376 g/mol. The maximum atomic E-state index is 5.39. The lowest BCUT2D eigenvalue weighted by Gasteiger charge is -2.15. The van der Waals surface area contributed by atoms with Crippen molar-refractivity contribution in [1.82, 2.24) is 9.97 Å². The zero-order valence-electron chi connectivity index (χ0n) is 16.2. The van der Waals surface area contributed by atoms with Crippen LogP contribution in [-0.4, -0.2) is 38.1 Å². The Labute approximate surface area is 167 Å². The Morgan fingerprint density at radius 2 is 1.59 bits per heavy atom. The molecule has 1 aromatic heterocycles. The summed E-state index contributed by atoms with van der Waals surface area (Å²) < 4.78 is 26.8. The second kappa shape index (κ2) is 8.01. The molecule has 4 rings (SSSR count). The van der Waals surface area contributed by atoms with E-state index in [-0.39, 0.29) is 6.79 Å². The summed E-state index contributed by atoms with van der Waals surface area (Å²) in [6.45, 7) is 0.226. The van der Waals surface area contributed by atoms with E-state index < -0.39 is 0 Å². The third-order valence-corrected chi connectivity index (χ3v) is 4.22. The fourth-order valence-electron chi connectivity index (χ4n) is 2.89. The van der Waals surface area contributed by atoms with Crippen LogP contribution in [0.1, 0.15) is 0 Å². The summed E-state index contributed by atoms with van der Waals surface area (Å²) in [6.07, 6.45) is 1.66. The second-order valence-corrected chi connectivity index (χ2v) is 6.00. The molecule has 0 amide bonds. The highest BCUT2D eigenvalue weighted by atomic mass is 16.7. The summed E-state index contributed by atoms with van der Waals surface area (Å²) in [7, 11) is 4.70. The van der Waals surface area contributed by atoms with Gasteiger partial charge in [0.05, 0.1) is 21.3 Å². The van der Waals surface area contributed by atoms with Gasteiger partial charge in [-0.15, -0.1) is 0 Å². The molecule has 2 N–H and O–H groups in total. The fraction of sp³-hybridized carbons (Fsp3) is 0.200. The quantitative estimate of drug-likeness (QED) is 0.619. The maximum Gasteiger partial charge on any atom is 0.231 e. The molecule has 0 spiro atoms. The maximum absolute atomic E-state index is 5.39. The molecule has 0 atom stereocenters. The van der Waals surface area contributed by atoms with Crippen LogP contribution in [-0.2, 0) is 0 Å². The van der Waals surface area contributed by atoms with Gasteiger partial charge >= 0.3 is 0 Å². The van der Waals surface area contributed by atoms with E-state index in [1.54, 1.807) is 45.7 Å². The molecule has 0 saturated heterocycles. The molecule has 0 unspecified atom stereocenters. The summed E-state index contributed by atoms with van der Waals surface area (Å²) in [5, 5.41) is 6.38. The molecule has 2 aromatic carbocycles. The van der Waals surface area contributed by atoms with Crippen LogP contribution in [0.15, 0.2) is 42.6 Å². The molecule has 0 saturated carbocycles. The number of hydrogen-bond acceptors (Lipinski definition) is 9. The molecule has 2 heterocycles. The van der Waals surface area contributed by atoms with E-state index in [9.17, 15) is 0 Å². The lowest BCUT2D eigenvalue weighted by Crippen LogP contribution is -2.01. The Morgan fingerprint density at radius 1 is 0.828 bits per heavy atom. The van der Waals surface area contributed by atoms with Crippen LogP contribution in [0.2, 0.25) is 0 Å². The number of ether oxygens (including phenoxy) is 5. The van der Waals surface area contributed by atoms with Crippen molar-refractivity contribution in [2.75, 3.05) is 38.8 Å². The average molecular weight is 396 g/mol. The van der Waals surface area contributed by atoms with Crippen LogP contribution < -0.4 is 34.3 Å². The number of nitrogens with one attached hydrogen (secondary N) is 2. The topological polar surface area (TPSA) is 96.0 Å². The summed E-state index contributed by atoms with van der Waals surface area (Å²) in [6, 6.07) is 10.9. The van der Waals surface area contributed by atoms with Gasteiger partial charge in [-0.25, -0.2) is 4.98 Å². The molecule has 0 aliphatic carbocycles. The van der Waals surface area contributed by atoms with Crippen molar-refractivity contribution in [2.24, 2.45) is 0 Å². The van der Waals surface area contributed by atoms with Crippen LogP contribution in [0, 0.1) is 0 Å². The second-order valence-electron chi connectivity index (χ2n) is 6.00. The van der Waals surface area contributed by atoms with E-state index >= 15 is 0 Å². The van der Waals surface area contributed by atoms with Crippen LogP contribution in [0.4, 0.5) is 23.1 Å². The fourth-order valence-corrected chi connectivity index (χ4v) is 2.89. The number of methoxy groups -OCH3 is 3. The molecule has 1 aliphatic heterocycles. The van der Waals surface area contributed by atoms with Crippen molar-refractivity contribution in [3.63, 3.8) is 0 Å². The highest BCUT2D eigenvalue weighted by Crippen LogP contribution is 2.40. The SMILES string of the molecule is COc1cc(Nc2ccnc(Nc3ccc4c(c3)OCO4)n2)cc(OC)c1OC. The molecular formula is C20H20N4O5. The lowest BCUT2D eigenvalue weighted by molar-refractivity contribution is 0.174. The lowest BCUT2D eigenvalue weighted by atomic mass is 10.2.